The summed E-state index contributed by atoms with van der Waals surface area (Å²) < 4.78 is 0. The third-order valence-corrected chi connectivity index (χ3v) is 4.37. The van der Waals surface area contributed by atoms with Crippen LogP contribution in [0.5, 0.6) is 0 Å². The maximum absolute atomic E-state index is 6.38. The van der Waals surface area contributed by atoms with Gasteiger partial charge in [-0.1, -0.05) is 44.9 Å². The van der Waals surface area contributed by atoms with E-state index < -0.39 is 0 Å². The summed E-state index contributed by atoms with van der Waals surface area (Å²) in [6, 6.07) is 0. The summed E-state index contributed by atoms with van der Waals surface area (Å²) in [7, 11) is 0. The van der Waals surface area contributed by atoms with Gasteiger partial charge in [0.25, 0.3) is 0 Å². The SMILES string of the molecule is NC1(CCC2CCCCC2)CCCC1. The lowest BCUT2D eigenvalue weighted by Gasteiger charge is -2.28. The summed E-state index contributed by atoms with van der Waals surface area (Å²) >= 11 is 0. The number of rotatable bonds is 3. The van der Waals surface area contributed by atoms with Crippen LogP contribution in [0.2, 0.25) is 0 Å². The Bertz CT molecular complexity index is 164. The van der Waals surface area contributed by atoms with E-state index >= 15 is 0 Å². The van der Waals surface area contributed by atoms with Gasteiger partial charge < -0.3 is 5.73 Å². The third kappa shape index (κ3) is 2.73. The van der Waals surface area contributed by atoms with Crippen molar-refractivity contribution in [2.45, 2.75) is 76.2 Å². The van der Waals surface area contributed by atoms with Crippen molar-refractivity contribution in [2.75, 3.05) is 0 Å². The van der Waals surface area contributed by atoms with Crippen molar-refractivity contribution in [3.05, 3.63) is 0 Å². The molecule has 2 aliphatic carbocycles. The molecular formula is C13H25N. The Morgan fingerprint density at radius 2 is 1.57 bits per heavy atom. The van der Waals surface area contributed by atoms with Gasteiger partial charge in [0.1, 0.15) is 0 Å². The smallest absolute Gasteiger partial charge is 0.0154 e. The molecule has 0 bridgehead atoms. The molecule has 2 N–H and O–H groups in total. The van der Waals surface area contributed by atoms with Crippen LogP contribution in [0, 0.1) is 5.92 Å². The number of hydrogen-bond donors (Lipinski definition) is 1. The van der Waals surface area contributed by atoms with Crippen LogP contribution < -0.4 is 5.73 Å². The van der Waals surface area contributed by atoms with Gasteiger partial charge in [0.2, 0.25) is 0 Å². The summed E-state index contributed by atoms with van der Waals surface area (Å²) in [6.45, 7) is 0. The Hall–Kier alpha value is -0.0400. The summed E-state index contributed by atoms with van der Waals surface area (Å²) in [6.07, 6.45) is 15.4. The molecule has 2 saturated carbocycles. The fourth-order valence-electron chi connectivity index (χ4n) is 3.30. The normalized spacial score (nSPS) is 28.1. The van der Waals surface area contributed by atoms with Crippen molar-refractivity contribution in [3.8, 4) is 0 Å². The van der Waals surface area contributed by atoms with Gasteiger partial charge in [-0.25, -0.2) is 0 Å². The highest BCUT2D eigenvalue weighted by Crippen LogP contribution is 2.35. The molecule has 0 heterocycles. The van der Waals surface area contributed by atoms with Gasteiger partial charge in [-0.3, -0.25) is 0 Å². The van der Waals surface area contributed by atoms with Gasteiger partial charge in [-0.2, -0.15) is 0 Å². The predicted molar refractivity (Wildman–Crippen MR) is 61.2 cm³/mol. The molecule has 0 radical (unpaired) electrons. The zero-order valence-electron chi connectivity index (χ0n) is 9.43. The lowest BCUT2D eigenvalue weighted by Crippen LogP contribution is -2.36. The third-order valence-electron chi connectivity index (χ3n) is 4.37. The minimum Gasteiger partial charge on any atom is -0.325 e. The van der Waals surface area contributed by atoms with Crippen molar-refractivity contribution < 1.29 is 0 Å². The van der Waals surface area contributed by atoms with E-state index in [0.717, 1.165) is 5.92 Å². The van der Waals surface area contributed by atoms with E-state index in [9.17, 15) is 0 Å². The van der Waals surface area contributed by atoms with E-state index in [1.165, 1.54) is 70.6 Å². The van der Waals surface area contributed by atoms with Crippen LogP contribution >= 0.6 is 0 Å². The molecule has 0 amide bonds. The van der Waals surface area contributed by atoms with Gasteiger partial charge in [0.15, 0.2) is 0 Å². The van der Waals surface area contributed by atoms with Crippen LogP contribution in [0.15, 0.2) is 0 Å². The highest BCUT2D eigenvalue weighted by atomic mass is 14.7. The number of nitrogens with two attached hydrogens (primary N) is 1. The molecule has 0 aromatic heterocycles. The molecule has 0 spiro atoms. The van der Waals surface area contributed by atoms with E-state index in [2.05, 4.69) is 0 Å². The maximum atomic E-state index is 6.38. The van der Waals surface area contributed by atoms with E-state index in [0.29, 0.717) is 0 Å². The second-order valence-electron chi connectivity index (χ2n) is 5.61. The van der Waals surface area contributed by atoms with Gasteiger partial charge >= 0.3 is 0 Å². The Morgan fingerprint density at radius 1 is 0.929 bits per heavy atom. The molecule has 2 fully saturated rings. The minimum absolute atomic E-state index is 0.247. The molecule has 2 rings (SSSR count). The quantitative estimate of drug-likeness (QED) is 0.731. The molecule has 1 heteroatoms. The fraction of sp³-hybridized carbons (Fsp3) is 1.00. The first kappa shape index (κ1) is 10.5. The molecule has 0 saturated heterocycles. The fourth-order valence-corrected chi connectivity index (χ4v) is 3.30. The summed E-state index contributed by atoms with van der Waals surface area (Å²) in [5, 5.41) is 0. The molecule has 0 atom stereocenters. The van der Waals surface area contributed by atoms with Crippen LogP contribution in [0.1, 0.15) is 70.6 Å². The van der Waals surface area contributed by atoms with Crippen LogP contribution in [-0.4, -0.2) is 5.54 Å². The van der Waals surface area contributed by atoms with E-state index in [-0.39, 0.29) is 5.54 Å². The van der Waals surface area contributed by atoms with Crippen LogP contribution in [0.3, 0.4) is 0 Å². The average molecular weight is 195 g/mol. The monoisotopic (exact) mass is 195 g/mol. The molecule has 0 unspecified atom stereocenters. The first-order valence-electron chi connectivity index (χ1n) is 6.57. The molecular weight excluding hydrogens is 170 g/mol. The van der Waals surface area contributed by atoms with Gasteiger partial charge in [0, 0.05) is 5.54 Å². The Labute approximate surface area is 88.4 Å². The maximum Gasteiger partial charge on any atom is 0.0154 e. The lowest BCUT2D eigenvalue weighted by molar-refractivity contribution is 0.288. The van der Waals surface area contributed by atoms with Crippen LogP contribution in [0.4, 0.5) is 0 Å². The Morgan fingerprint density at radius 3 is 2.21 bits per heavy atom. The van der Waals surface area contributed by atoms with E-state index in [1.54, 1.807) is 0 Å². The summed E-state index contributed by atoms with van der Waals surface area (Å²) in [5.74, 6) is 1.02. The van der Waals surface area contributed by atoms with Crippen molar-refractivity contribution in [1.82, 2.24) is 0 Å². The topological polar surface area (TPSA) is 26.0 Å². The van der Waals surface area contributed by atoms with E-state index in [4.69, 9.17) is 5.73 Å². The Kier molecular flexibility index (Phi) is 3.48. The summed E-state index contributed by atoms with van der Waals surface area (Å²) in [5.41, 5.74) is 6.62. The van der Waals surface area contributed by atoms with Crippen LogP contribution in [0.25, 0.3) is 0 Å². The standard InChI is InChI=1S/C13H25N/c14-13(9-4-5-10-13)11-8-12-6-2-1-3-7-12/h12H,1-11,14H2. The van der Waals surface area contributed by atoms with Gasteiger partial charge in [0.05, 0.1) is 0 Å². The Balaban J connectivity index is 1.70. The average Bonchev–Trinajstić information content (AvgIpc) is 2.65. The second-order valence-corrected chi connectivity index (χ2v) is 5.61. The van der Waals surface area contributed by atoms with Gasteiger partial charge in [-0.05, 0) is 31.6 Å². The van der Waals surface area contributed by atoms with Gasteiger partial charge in [-0.15, -0.1) is 0 Å². The van der Waals surface area contributed by atoms with Crippen molar-refractivity contribution in [1.29, 1.82) is 0 Å². The summed E-state index contributed by atoms with van der Waals surface area (Å²) in [4.78, 5) is 0. The lowest BCUT2D eigenvalue weighted by atomic mass is 9.82. The second kappa shape index (κ2) is 4.65. The highest BCUT2D eigenvalue weighted by Gasteiger charge is 2.29. The van der Waals surface area contributed by atoms with Crippen LogP contribution in [-0.2, 0) is 0 Å². The first-order chi connectivity index (χ1) is 6.79. The molecule has 0 aromatic carbocycles. The molecule has 82 valence electrons. The molecule has 2 aliphatic rings. The van der Waals surface area contributed by atoms with Crippen molar-refractivity contribution in [3.63, 3.8) is 0 Å². The zero-order chi connectivity index (χ0) is 9.86. The molecule has 0 aromatic rings. The van der Waals surface area contributed by atoms with E-state index in [1.807, 2.05) is 0 Å². The molecule has 14 heavy (non-hydrogen) atoms. The predicted octanol–water partition coefficient (Wildman–Crippen LogP) is 3.62. The minimum atomic E-state index is 0.247. The zero-order valence-corrected chi connectivity index (χ0v) is 9.43. The largest absolute Gasteiger partial charge is 0.325 e. The van der Waals surface area contributed by atoms with Crippen molar-refractivity contribution in [2.24, 2.45) is 11.7 Å². The first-order valence-corrected chi connectivity index (χ1v) is 6.57. The highest BCUT2D eigenvalue weighted by molar-refractivity contribution is 4.89. The molecule has 1 nitrogen and oxygen atoms in total. The number of hydrogen-bond acceptors (Lipinski definition) is 1. The molecule has 0 aliphatic heterocycles. The van der Waals surface area contributed by atoms with Crippen molar-refractivity contribution >= 4 is 0 Å².